The summed E-state index contributed by atoms with van der Waals surface area (Å²) in [5.41, 5.74) is 1.46. The minimum atomic E-state index is -0.767. The van der Waals surface area contributed by atoms with Crippen molar-refractivity contribution in [1.82, 2.24) is 0 Å². The van der Waals surface area contributed by atoms with Crippen LogP contribution in [0, 0.1) is 6.92 Å². The third-order valence-corrected chi connectivity index (χ3v) is 1.72. The summed E-state index contributed by atoms with van der Waals surface area (Å²) in [6, 6.07) is 6.90. The zero-order chi connectivity index (χ0) is 10.6. The fourth-order valence-electron chi connectivity index (χ4n) is 0.976. The Bertz CT molecular complexity index is 308. The zero-order valence-electron chi connectivity index (χ0n) is 8.23. The van der Waals surface area contributed by atoms with Crippen LogP contribution in [-0.4, -0.2) is 17.9 Å². The van der Waals surface area contributed by atoms with Gasteiger partial charge in [-0.15, -0.1) is 0 Å². The van der Waals surface area contributed by atoms with Gasteiger partial charge in [0.15, 0.2) is 0 Å². The number of carbonyl (C=O) groups is 1. The van der Waals surface area contributed by atoms with Crippen LogP contribution in [0.15, 0.2) is 24.3 Å². The maximum atomic E-state index is 11.1. The van der Waals surface area contributed by atoms with E-state index in [1.807, 2.05) is 6.92 Å². The number of rotatable bonds is 2. The van der Waals surface area contributed by atoms with Crippen molar-refractivity contribution in [2.24, 2.45) is 0 Å². The number of benzene rings is 1. The van der Waals surface area contributed by atoms with Crippen molar-refractivity contribution < 1.29 is 14.7 Å². The summed E-state index contributed by atoms with van der Waals surface area (Å²) in [6.45, 7) is 3.85. The highest BCUT2D eigenvalue weighted by molar-refractivity contribution is 5.84. The van der Waals surface area contributed by atoms with E-state index in [2.05, 4.69) is 4.74 Å². The number of anilines is 1. The molecule has 0 bridgehead atoms. The van der Waals surface area contributed by atoms with Crippen LogP contribution in [-0.2, 0) is 4.74 Å². The predicted molar refractivity (Wildman–Crippen MR) is 52.5 cm³/mol. The first-order valence-corrected chi connectivity index (χ1v) is 4.37. The quantitative estimate of drug-likeness (QED) is 0.582. The Hall–Kier alpha value is -1.55. The summed E-state index contributed by atoms with van der Waals surface area (Å²) in [5, 5.41) is 9.86. The molecule has 1 N–H and O–H groups in total. The molecule has 0 aliphatic heterocycles. The summed E-state index contributed by atoms with van der Waals surface area (Å²) in [5.74, 6) is 0. The molecule has 0 saturated carbocycles. The Morgan fingerprint density at radius 3 is 2.50 bits per heavy atom. The average Bonchev–Trinajstić information content (AvgIpc) is 2.18. The van der Waals surface area contributed by atoms with Crippen LogP contribution in [0.3, 0.4) is 0 Å². The molecular formula is C10H13NO3. The lowest BCUT2D eigenvalue weighted by atomic mass is 10.2. The lowest BCUT2D eigenvalue weighted by Crippen LogP contribution is -2.27. The van der Waals surface area contributed by atoms with Crippen molar-refractivity contribution in [2.45, 2.75) is 13.8 Å². The fraction of sp³-hybridized carbons (Fsp3) is 0.300. The van der Waals surface area contributed by atoms with Crippen LogP contribution >= 0.6 is 0 Å². The van der Waals surface area contributed by atoms with E-state index < -0.39 is 6.09 Å². The Kier molecular flexibility index (Phi) is 3.48. The molecule has 76 valence electrons. The molecule has 1 amide bonds. The molecule has 0 aromatic heterocycles. The third-order valence-electron chi connectivity index (χ3n) is 1.72. The van der Waals surface area contributed by atoms with Gasteiger partial charge in [0, 0.05) is 0 Å². The molecule has 0 fully saturated rings. The van der Waals surface area contributed by atoms with E-state index in [1.54, 1.807) is 31.2 Å². The molecule has 0 aliphatic rings. The topological polar surface area (TPSA) is 49.8 Å². The van der Waals surface area contributed by atoms with Crippen LogP contribution < -0.4 is 5.06 Å². The van der Waals surface area contributed by atoms with Gasteiger partial charge < -0.3 is 4.74 Å². The molecule has 0 spiro atoms. The molecule has 0 aliphatic carbocycles. The molecule has 0 unspecified atom stereocenters. The fourth-order valence-corrected chi connectivity index (χ4v) is 0.976. The molecule has 4 heteroatoms. The van der Waals surface area contributed by atoms with Gasteiger partial charge in [-0.25, -0.2) is 4.79 Å². The first kappa shape index (κ1) is 10.5. The summed E-state index contributed by atoms with van der Waals surface area (Å²) in [7, 11) is 0. The van der Waals surface area contributed by atoms with Crippen molar-refractivity contribution in [3.63, 3.8) is 0 Å². The second-order valence-electron chi connectivity index (χ2n) is 2.85. The van der Waals surface area contributed by atoms with Gasteiger partial charge in [0.05, 0.1) is 12.3 Å². The molecule has 0 heterocycles. The monoisotopic (exact) mass is 195 g/mol. The number of amides is 1. The number of aryl methyl sites for hydroxylation is 1. The van der Waals surface area contributed by atoms with Crippen LogP contribution in [0.25, 0.3) is 0 Å². The molecule has 1 aromatic rings. The average molecular weight is 195 g/mol. The number of hydrogen-bond donors (Lipinski definition) is 1. The van der Waals surface area contributed by atoms with E-state index in [0.717, 1.165) is 5.56 Å². The highest BCUT2D eigenvalue weighted by Crippen LogP contribution is 2.13. The van der Waals surface area contributed by atoms with Gasteiger partial charge in [-0.2, -0.15) is 5.06 Å². The van der Waals surface area contributed by atoms with Crippen molar-refractivity contribution >= 4 is 11.8 Å². The van der Waals surface area contributed by atoms with Crippen LogP contribution in [0.5, 0.6) is 0 Å². The predicted octanol–water partition coefficient (Wildman–Crippen LogP) is 2.35. The zero-order valence-corrected chi connectivity index (χ0v) is 8.23. The molecule has 1 rings (SSSR count). The molecule has 14 heavy (non-hydrogen) atoms. The van der Waals surface area contributed by atoms with E-state index in [9.17, 15) is 10.0 Å². The van der Waals surface area contributed by atoms with Crippen molar-refractivity contribution in [3.8, 4) is 0 Å². The van der Waals surface area contributed by atoms with Crippen molar-refractivity contribution in [1.29, 1.82) is 0 Å². The van der Waals surface area contributed by atoms with Gasteiger partial charge in [-0.05, 0) is 26.0 Å². The Balaban J connectivity index is 2.73. The summed E-state index contributed by atoms with van der Waals surface area (Å²) >= 11 is 0. The molecular weight excluding hydrogens is 182 g/mol. The summed E-state index contributed by atoms with van der Waals surface area (Å²) in [6.07, 6.45) is -0.767. The SMILES string of the molecule is CCOC(=O)N(O)c1ccc(C)cc1. The van der Waals surface area contributed by atoms with Gasteiger partial charge in [-0.1, -0.05) is 17.7 Å². The number of carbonyl (C=O) groups excluding carboxylic acids is 1. The van der Waals surface area contributed by atoms with E-state index in [0.29, 0.717) is 10.8 Å². The molecule has 0 saturated heterocycles. The molecule has 1 aromatic carbocycles. The maximum Gasteiger partial charge on any atom is 0.438 e. The summed E-state index contributed by atoms with van der Waals surface area (Å²) in [4.78, 5) is 11.1. The Labute approximate surface area is 82.7 Å². The number of hydrogen-bond acceptors (Lipinski definition) is 3. The van der Waals surface area contributed by atoms with E-state index >= 15 is 0 Å². The molecule has 4 nitrogen and oxygen atoms in total. The highest BCUT2D eigenvalue weighted by atomic mass is 16.6. The van der Waals surface area contributed by atoms with Gasteiger partial charge >= 0.3 is 6.09 Å². The van der Waals surface area contributed by atoms with Crippen LogP contribution in [0.2, 0.25) is 0 Å². The second-order valence-corrected chi connectivity index (χ2v) is 2.85. The highest BCUT2D eigenvalue weighted by Gasteiger charge is 2.13. The smallest absolute Gasteiger partial charge is 0.438 e. The largest absolute Gasteiger partial charge is 0.448 e. The van der Waals surface area contributed by atoms with E-state index in [1.165, 1.54) is 0 Å². The standard InChI is InChI=1S/C10H13NO3/c1-3-14-10(12)11(13)9-6-4-8(2)5-7-9/h4-7,13H,3H2,1-2H3. The van der Waals surface area contributed by atoms with E-state index in [4.69, 9.17) is 0 Å². The van der Waals surface area contributed by atoms with Crippen molar-refractivity contribution in [3.05, 3.63) is 29.8 Å². The first-order valence-electron chi connectivity index (χ1n) is 4.37. The Morgan fingerprint density at radius 2 is 2.00 bits per heavy atom. The normalized spacial score (nSPS) is 9.64. The van der Waals surface area contributed by atoms with Gasteiger partial charge in [0.25, 0.3) is 0 Å². The summed E-state index contributed by atoms with van der Waals surface area (Å²) < 4.78 is 4.63. The van der Waals surface area contributed by atoms with Crippen LogP contribution in [0.1, 0.15) is 12.5 Å². The third kappa shape index (κ3) is 2.47. The van der Waals surface area contributed by atoms with Gasteiger partial charge in [-0.3, -0.25) is 5.21 Å². The number of nitrogens with zero attached hydrogens (tertiary/aromatic N) is 1. The van der Waals surface area contributed by atoms with Crippen molar-refractivity contribution in [2.75, 3.05) is 11.7 Å². The van der Waals surface area contributed by atoms with Crippen LogP contribution in [0.4, 0.5) is 10.5 Å². The van der Waals surface area contributed by atoms with E-state index in [-0.39, 0.29) is 6.61 Å². The maximum absolute atomic E-state index is 11.1. The number of ether oxygens (including phenoxy) is 1. The first-order chi connectivity index (χ1) is 6.65. The minimum absolute atomic E-state index is 0.238. The Morgan fingerprint density at radius 1 is 1.43 bits per heavy atom. The minimum Gasteiger partial charge on any atom is -0.448 e. The molecule has 0 radical (unpaired) electrons. The molecule has 0 atom stereocenters. The van der Waals surface area contributed by atoms with Gasteiger partial charge in [0.1, 0.15) is 0 Å². The van der Waals surface area contributed by atoms with Gasteiger partial charge in [0.2, 0.25) is 0 Å². The lowest BCUT2D eigenvalue weighted by molar-refractivity contribution is 0.125. The number of hydroxylamine groups is 1. The second kappa shape index (κ2) is 4.62. The lowest BCUT2D eigenvalue weighted by Gasteiger charge is -2.13.